The van der Waals surface area contributed by atoms with E-state index in [0.717, 1.165) is 12.0 Å². The van der Waals surface area contributed by atoms with Gasteiger partial charge in [-0.15, -0.1) is 0 Å². The van der Waals surface area contributed by atoms with Crippen LogP contribution in [0.3, 0.4) is 0 Å². The van der Waals surface area contributed by atoms with Crippen LogP contribution in [0.5, 0.6) is 0 Å². The number of hydrogen-bond acceptors (Lipinski definition) is 3. The summed E-state index contributed by atoms with van der Waals surface area (Å²) in [5.41, 5.74) is 6.37. The van der Waals surface area contributed by atoms with Crippen molar-refractivity contribution < 1.29 is 9.00 Å². The Morgan fingerprint density at radius 2 is 2.00 bits per heavy atom. The van der Waals surface area contributed by atoms with E-state index >= 15 is 0 Å². The highest BCUT2D eigenvalue weighted by atomic mass is 35.5. The highest BCUT2D eigenvalue weighted by Gasteiger charge is 2.10. The summed E-state index contributed by atoms with van der Waals surface area (Å²) < 4.78 is 11.9. The zero-order chi connectivity index (χ0) is 15.0. The molecule has 1 rings (SSSR count). The largest absolute Gasteiger partial charge is 0.346 e. The molecule has 0 aliphatic heterocycles. The van der Waals surface area contributed by atoms with Gasteiger partial charge in [0, 0.05) is 47.3 Å². The maximum absolute atomic E-state index is 11.9. The van der Waals surface area contributed by atoms with Crippen LogP contribution in [0, 0.1) is 0 Å². The van der Waals surface area contributed by atoms with Crippen LogP contribution in [0.4, 0.5) is 0 Å². The van der Waals surface area contributed by atoms with E-state index in [-0.39, 0.29) is 5.91 Å². The van der Waals surface area contributed by atoms with Crippen molar-refractivity contribution in [1.82, 2.24) is 4.90 Å². The molecule has 0 aliphatic rings. The molecule has 1 aromatic carbocycles. The Morgan fingerprint density at radius 3 is 2.60 bits per heavy atom. The normalized spacial score (nSPS) is 12.2. The summed E-state index contributed by atoms with van der Waals surface area (Å²) in [5, 5.41) is 0.663. The first-order valence-corrected chi connectivity index (χ1v) is 8.43. The number of nitrogens with zero attached hydrogens (tertiary/aromatic N) is 1. The fourth-order valence-corrected chi connectivity index (χ4v) is 2.92. The van der Waals surface area contributed by atoms with Gasteiger partial charge in [0.2, 0.25) is 5.91 Å². The molecular formula is C14H21ClN2O2S. The van der Waals surface area contributed by atoms with Crippen LogP contribution in [-0.4, -0.2) is 40.9 Å². The van der Waals surface area contributed by atoms with Gasteiger partial charge >= 0.3 is 0 Å². The van der Waals surface area contributed by atoms with Crippen LogP contribution >= 0.6 is 11.6 Å². The van der Waals surface area contributed by atoms with Crippen molar-refractivity contribution in [3.05, 3.63) is 34.9 Å². The zero-order valence-electron chi connectivity index (χ0n) is 11.7. The maximum atomic E-state index is 11.9. The molecule has 6 heteroatoms. The number of hydrogen-bond donors (Lipinski definition) is 1. The summed E-state index contributed by atoms with van der Waals surface area (Å²) in [5.74, 6) is 0.855. The van der Waals surface area contributed by atoms with E-state index in [4.69, 9.17) is 17.3 Å². The predicted molar refractivity (Wildman–Crippen MR) is 84.1 cm³/mol. The number of rotatable bonds is 8. The Hall–Kier alpha value is -0.910. The van der Waals surface area contributed by atoms with Crippen LogP contribution in [0.1, 0.15) is 18.4 Å². The molecule has 0 spiro atoms. The molecule has 0 aromatic heterocycles. The van der Waals surface area contributed by atoms with E-state index in [1.807, 2.05) is 12.1 Å². The Bertz CT molecular complexity index is 451. The first-order valence-electron chi connectivity index (χ1n) is 6.56. The molecule has 0 radical (unpaired) electrons. The maximum Gasteiger partial charge on any atom is 0.223 e. The Labute approximate surface area is 127 Å². The van der Waals surface area contributed by atoms with Crippen LogP contribution in [0.25, 0.3) is 0 Å². The third-order valence-electron chi connectivity index (χ3n) is 2.91. The first kappa shape index (κ1) is 17.1. The number of carbonyl (C=O) groups is 1. The highest BCUT2D eigenvalue weighted by molar-refractivity contribution is 7.84. The van der Waals surface area contributed by atoms with Crippen LogP contribution in [0.15, 0.2) is 24.3 Å². The van der Waals surface area contributed by atoms with Gasteiger partial charge in [0.15, 0.2) is 0 Å². The van der Waals surface area contributed by atoms with Crippen molar-refractivity contribution in [2.24, 2.45) is 5.73 Å². The van der Waals surface area contributed by atoms with Gasteiger partial charge in [-0.25, -0.2) is 0 Å². The summed E-state index contributed by atoms with van der Waals surface area (Å²) >= 11 is 5.79. The lowest BCUT2D eigenvalue weighted by Gasteiger charge is -2.16. The third-order valence-corrected chi connectivity index (χ3v) is 4.47. The second-order valence-corrected chi connectivity index (χ2v) is 6.64. The number of benzene rings is 1. The van der Waals surface area contributed by atoms with E-state index in [1.165, 1.54) is 0 Å². The predicted octanol–water partition coefficient (Wildman–Crippen LogP) is 1.79. The molecule has 1 atom stereocenters. The molecule has 20 heavy (non-hydrogen) atoms. The van der Waals surface area contributed by atoms with Gasteiger partial charge in [-0.1, -0.05) is 23.7 Å². The van der Waals surface area contributed by atoms with Crippen molar-refractivity contribution in [2.45, 2.75) is 18.6 Å². The fraction of sp³-hybridized carbons (Fsp3) is 0.500. The van der Waals surface area contributed by atoms with Crippen molar-refractivity contribution >= 4 is 28.3 Å². The van der Waals surface area contributed by atoms with Gasteiger partial charge in [0.25, 0.3) is 0 Å². The molecule has 4 nitrogen and oxygen atoms in total. The Kier molecular flexibility index (Phi) is 7.80. The minimum atomic E-state index is -1.04. The minimum Gasteiger partial charge on any atom is -0.346 e. The third kappa shape index (κ3) is 6.50. The average Bonchev–Trinajstić information content (AvgIpc) is 2.44. The molecule has 0 bridgehead atoms. The van der Waals surface area contributed by atoms with Gasteiger partial charge < -0.3 is 10.6 Å². The molecule has 0 saturated carbocycles. The van der Waals surface area contributed by atoms with E-state index < -0.39 is 10.8 Å². The van der Waals surface area contributed by atoms with E-state index in [9.17, 15) is 9.00 Å². The molecule has 1 aromatic rings. The quantitative estimate of drug-likeness (QED) is 0.795. The number of amides is 1. The molecular weight excluding hydrogens is 296 g/mol. The monoisotopic (exact) mass is 316 g/mol. The van der Waals surface area contributed by atoms with Gasteiger partial charge in [0.1, 0.15) is 0 Å². The summed E-state index contributed by atoms with van der Waals surface area (Å²) in [6.45, 7) is 1.22. The Balaban J connectivity index is 2.32. The van der Waals surface area contributed by atoms with Crippen LogP contribution in [-0.2, 0) is 21.3 Å². The molecule has 0 fully saturated rings. The fourth-order valence-electron chi connectivity index (χ4n) is 1.68. The Morgan fingerprint density at radius 1 is 1.35 bits per heavy atom. The summed E-state index contributed by atoms with van der Waals surface area (Å²) in [6.07, 6.45) is 1.09. The topological polar surface area (TPSA) is 63.4 Å². The second-order valence-electron chi connectivity index (χ2n) is 4.62. The summed E-state index contributed by atoms with van der Waals surface area (Å²) in [4.78, 5) is 13.4. The molecule has 0 saturated heterocycles. The lowest BCUT2D eigenvalue weighted by molar-refractivity contribution is -0.129. The lowest BCUT2D eigenvalue weighted by atomic mass is 10.2. The van der Waals surface area contributed by atoms with Gasteiger partial charge in [-0.2, -0.15) is 0 Å². The minimum absolute atomic E-state index is 0.0166. The number of nitrogens with two attached hydrogens (primary N) is 1. The summed E-state index contributed by atoms with van der Waals surface area (Å²) in [6, 6.07) is 7.27. The van der Waals surface area contributed by atoms with Crippen molar-refractivity contribution in [2.75, 3.05) is 25.9 Å². The molecule has 0 heterocycles. The lowest BCUT2D eigenvalue weighted by Crippen LogP contribution is -2.29. The van der Waals surface area contributed by atoms with E-state index in [2.05, 4.69) is 0 Å². The van der Waals surface area contributed by atoms with Gasteiger partial charge in [-0.3, -0.25) is 9.00 Å². The van der Waals surface area contributed by atoms with E-state index in [0.29, 0.717) is 36.0 Å². The number of halogens is 1. The molecule has 1 amide bonds. The van der Waals surface area contributed by atoms with Gasteiger partial charge in [-0.05, 0) is 30.7 Å². The van der Waals surface area contributed by atoms with Crippen LogP contribution < -0.4 is 5.73 Å². The molecule has 0 aliphatic carbocycles. The van der Waals surface area contributed by atoms with Gasteiger partial charge in [0.05, 0.1) is 0 Å². The first-order chi connectivity index (χ1) is 9.52. The van der Waals surface area contributed by atoms with Crippen molar-refractivity contribution in [3.63, 3.8) is 0 Å². The molecule has 2 N–H and O–H groups in total. The SMILES string of the molecule is CN(CCCN)C(=O)CCS(=O)Cc1ccc(Cl)cc1. The standard InChI is InChI=1S/C14H21ClN2O2S/c1-17(9-2-8-16)14(18)7-10-20(19)11-12-3-5-13(15)6-4-12/h3-6H,2,7-11,16H2,1H3. The second kappa shape index (κ2) is 9.10. The number of carbonyl (C=O) groups excluding carboxylic acids is 1. The smallest absolute Gasteiger partial charge is 0.223 e. The molecule has 1 unspecified atom stereocenters. The van der Waals surface area contributed by atoms with Crippen molar-refractivity contribution in [1.29, 1.82) is 0 Å². The average molecular weight is 317 g/mol. The van der Waals surface area contributed by atoms with Crippen molar-refractivity contribution in [3.8, 4) is 0 Å². The zero-order valence-corrected chi connectivity index (χ0v) is 13.3. The van der Waals surface area contributed by atoms with E-state index in [1.54, 1.807) is 24.1 Å². The summed E-state index contributed by atoms with van der Waals surface area (Å²) in [7, 11) is 0.714. The molecule has 112 valence electrons. The highest BCUT2D eigenvalue weighted by Crippen LogP contribution is 2.11. The van der Waals surface area contributed by atoms with Crippen LogP contribution in [0.2, 0.25) is 5.02 Å².